The summed E-state index contributed by atoms with van der Waals surface area (Å²) in [6.45, 7) is 1.46. The number of anilines is 1. The maximum absolute atomic E-state index is 12.3. The number of hydrogen-bond acceptors (Lipinski definition) is 6. The predicted molar refractivity (Wildman–Crippen MR) is 99.5 cm³/mol. The molecule has 0 bridgehead atoms. The van der Waals surface area contributed by atoms with Crippen LogP contribution in [0, 0.1) is 0 Å². The van der Waals surface area contributed by atoms with Crippen molar-refractivity contribution in [3.8, 4) is 11.5 Å². The second-order valence-electron chi connectivity index (χ2n) is 6.27. The molecular formula is C19H17N3O6. The van der Waals surface area contributed by atoms with Crippen LogP contribution >= 0.6 is 0 Å². The molecule has 4 rings (SSSR count). The van der Waals surface area contributed by atoms with Gasteiger partial charge in [-0.2, -0.15) is 0 Å². The van der Waals surface area contributed by atoms with Crippen LogP contribution in [0.1, 0.15) is 6.92 Å². The smallest absolute Gasteiger partial charge is 0.351 e. The topological polar surface area (TPSA) is 123 Å². The van der Waals surface area contributed by atoms with Crippen molar-refractivity contribution in [3.05, 3.63) is 52.9 Å². The van der Waals surface area contributed by atoms with Crippen molar-refractivity contribution in [2.75, 3.05) is 11.9 Å². The molecule has 3 aromatic rings. The molecule has 0 saturated heterocycles. The summed E-state index contributed by atoms with van der Waals surface area (Å²) < 4.78 is 16.3. The summed E-state index contributed by atoms with van der Waals surface area (Å²) in [6.07, 6.45) is -2.00. The van der Waals surface area contributed by atoms with E-state index in [-0.39, 0.29) is 12.3 Å². The fraction of sp³-hybridized carbons (Fsp3) is 0.211. The van der Waals surface area contributed by atoms with E-state index in [2.05, 4.69) is 15.3 Å². The van der Waals surface area contributed by atoms with Gasteiger partial charge in [-0.3, -0.25) is 4.79 Å². The lowest BCUT2D eigenvalue weighted by molar-refractivity contribution is -0.162. The van der Waals surface area contributed by atoms with Crippen molar-refractivity contribution in [2.45, 2.75) is 19.1 Å². The Kier molecular flexibility index (Phi) is 4.48. The van der Waals surface area contributed by atoms with E-state index in [1.807, 2.05) is 0 Å². The third-order valence-corrected chi connectivity index (χ3v) is 4.22. The van der Waals surface area contributed by atoms with Gasteiger partial charge in [0, 0.05) is 5.69 Å². The number of hydrogen-bond donors (Lipinski definition) is 3. The lowest BCUT2D eigenvalue weighted by Crippen LogP contribution is -2.41. The average molecular weight is 383 g/mol. The SMILES string of the molecule is C[C@@H](OC(=O)[C@H]1COc2ccccc2O1)C(=O)Nc1ccc2[nH]c(=O)[nH]c2c1. The Balaban J connectivity index is 1.37. The molecule has 2 aromatic carbocycles. The summed E-state index contributed by atoms with van der Waals surface area (Å²) in [6, 6.07) is 11.9. The van der Waals surface area contributed by atoms with Crippen LogP contribution in [0.3, 0.4) is 0 Å². The highest BCUT2D eigenvalue weighted by molar-refractivity contribution is 5.96. The molecular weight excluding hydrogens is 366 g/mol. The quantitative estimate of drug-likeness (QED) is 0.588. The van der Waals surface area contributed by atoms with E-state index < -0.39 is 24.1 Å². The minimum atomic E-state index is -1.05. The first kappa shape index (κ1) is 17.7. The first-order valence-electron chi connectivity index (χ1n) is 8.61. The van der Waals surface area contributed by atoms with E-state index in [0.717, 1.165) is 0 Å². The number of amides is 1. The number of ether oxygens (including phenoxy) is 3. The van der Waals surface area contributed by atoms with Crippen LogP contribution in [-0.2, 0) is 14.3 Å². The number of rotatable bonds is 4. The molecule has 9 nitrogen and oxygen atoms in total. The highest BCUT2D eigenvalue weighted by Gasteiger charge is 2.31. The Morgan fingerprint density at radius 2 is 1.89 bits per heavy atom. The van der Waals surface area contributed by atoms with E-state index in [1.54, 1.807) is 42.5 Å². The Hall–Kier alpha value is -3.75. The van der Waals surface area contributed by atoms with E-state index in [0.29, 0.717) is 28.2 Å². The Morgan fingerprint density at radius 3 is 2.71 bits per heavy atom. The van der Waals surface area contributed by atoms with E-state index in [4.69, 9.17) is 14.2 Å². The molecule has 2 heterocycles. The number of fused-ring (bicyclic) bond motifs is 2. The summed E-state index contributed by atoms with van der Waals surface area (Å²) in [4.78, 5) is 41.2. The molecule has 28 heavy (non-hydrogen) atoms. The fourth-order valence-corrected chi connectivity index (χ4v) is 2.79. The number of nitrogens with one attached hydrogen (secondary N) is 3. The predicted octanol–water partition coefficient (Wildman–Crippen LogP) is 1.57. The van der Waals surface area contributed by atoms with E-state index in [9.17, 15) is 14.4 Å². The van der Waals surface area contributed by atoms with Gasteiger partial charge < -0.3 is 29.5 Å². The van der Waals surface area contributed by atoms with Crippen LogP contribution < -0.4 is 20.5 Å². The van der Waals surface area contributed by atoms with Crippen LogP contribution in [0.4, 0.5) is 5.69 Å². The number of carbonyl (C=O) groups is 2. The second-order valence-corrected chi connectivity index (χ2v) is 6.27. The third-order valence-electron chi connectivity index (χ3n) is 4.22. The molecule has 1 amide bonds. The zero-order valence-electron chi connectivity index (χ0n) is 14.9. The number of carbonyl (C=O) groups excluding carboxylic acids is 2. The van der Waals surface area contributed by atoms with Crippen molar-refractivity contribution < 1.29 is 23.8 Å². The van der Waals surface area contributed by atoms with Gasteiger partial charge in [0.25, 0.3) is 5.91 Å². The fourth-order valence-electron chi connectivity index (χ4n) is 2.79. The lowest BCUT2D eigenvalue weighted by Gasteiger charge is -2.25. The maximum atomic E-state index is 12.3. The molecule has 1 aliphatic heterocycles. The summed E-state index contributed by atoms with van der Waals surface area (Å²) >= 11 is 0. The molecule has 1 aromatic heterocycles. The van der Waals surface area contributed by atoms with Gasteiger partial charge in [0.05, 0.1) is 11.0 Å². The Labute approximate surface area is 158 Å². The number of benzene rings is 2. The van der Waals surface area contributed by atoms with Crippen LogP contribution in [-0.4, -0.2) is 40.7 Å². The average Bonchev–Trinajstić information content (AvgIpc) is 3.06. The van der Waals surface area contributed by atoms with Crippen LogP contribution in [0.25, 0.3) is 11.0 Å². The number of H-pyrrole nitrogens is 2. The normalized spacial score (nSPS) is 16.4. The molecule has 1 aliphatic rings. The maximum Gasteiger partial charge on any atom is 0.351 e. The summed E-state index contributed by atoms with van der Waals surface area (Å²) in [5, 5.41) is 2.64. The molecule has 144 valence electrons. The molecule has 9 heteroatoms. The number of para-hydroxylation sites is 2. The van der Waals surface area contributed by atoms with Crippen LogP contribution in [0.2, 0.25) is 0 Å². The molecule has 0 aliphatic carbocycles. The van der Waals surface area contributed by atoms with Gasteiger partial charge in [-0.25, -0.2) is 9.59 Å². The number of esters is 1. The molecule has 2 atom stereocenters. The Morgan fingerprint density at radius 1 is 1.14 bits per heavy atom. The number of aromatic amines is 2. The summed E-state index contributed by atoms with van der Waals surface area (Å²) in [5.41, 5.74) is 1.30. The first-order chi connectivity index (χ1) is 13.5. The van der Waals surface area contributed by atoms with Gasteiger partial charge in [0.2, 0.25) is 6.10 Å². The molecule has 0 saturated carbocycles. The van der Waals surface area contributed by atoms with Gasteiger partial charge in [0.1, 0.15) is 6.61 Å². The largest absolute Gasteiger partial charge is 0.485 e. The highest BCUT2D eigenvalue weighted by atomic mass is 16.6. The molecule has 0 spiro atoms. The van der Waals surface area contributed by atoms with Crippen molar-refractivity contribution in [1.82, 2.24) is 9.97 Å². The third kappa shape index (κ3) is 3.54. The van der Waals surface area contributed by atoms with Gasteiger partial charge in [-0.1, -0.05) is 12.1 Å². The minimum absolute atomic E-state index is 0.00169. The van der Waals surface area contributed by atoms with Gasteiger partial charge >= 0.3 is 11.7 Å². The number of aromatic nitrogens is 2. The van der Waals surface area contributed by atoms with Crippen molar-refractivity contribution >= 4 is 28.6 Å². The number of imidazole rings is 1. The second kappa shape index (κ2) is 7.10. The van der Waals surface area contributed by atoms with Gasteiger partial charge in [-0.05, 0) is 37.3 Å². The standard InChI is InChI=1S/C19H17N3O6/c1-10(17(23)20-11-6-7-12-13(8-11)22-19(25)21-12)27-18(24)16-9-26-14-4-2-3-5-15(14)28-16/h2-8,10,16H,9H2,1H3,(H,20,23)(H2,21,22,25)/t10-,16-/m1/s1. The Bertz CT molecular complexity index is 1100. The monoisotopic (exact) mass is 383 g/mol. The molecule has 3 N–H and O–H groups in total. The zero-order valence-corrected chi connectivity index (χ0v) is 14.9. The van der Waals surface area contributed by atoms with Gasteiger partial charge in [-0.15, -0.1) is 0 Å². The molecule has 0 radical (unpaired) electrons. The van der Waals surface area contributed by atoms with Gasteiger partial charge in [0.15, 0.2) is 17.6 Å². The summed E-state index contributed by atoms with van der Waals surface area (Å²) in [7, 11) is 0. The molecule has 0 unspecified atom stereocenters. The minimum Gasteiger partial charge on any atom is -0.485 e. The molecule has 0 fully saturated rings. The van der Waals surface area contributed by atoms with Crippen molar-refractivity contribution in [3.63, 3.8) is 0 Å². The summed E-state index contributed by atoms with van der Waals surface area (Å²) in [5.74, 6) is -0.206. The lowest BCUT2D eigenvalue weighted by atomic mass is 10.2. The zero-order chi connectivity index (χ0) is 19.7. The van der Waals surface area contributed by atoms with Crippen LogP contribution in [0.5, 0.6) is 11.5 Å². The highest BCUT2D eigenvalue weighted by Crippen LogP contribution is 2.31. The first-order valence-corrected chi connectivity index (χ1v) is 8.61. The van der Waals surface area contributed by atoms with E-state index >= 15 is 0 Å². The van der Waals surface area contributed by atoms with E-state index in [1.165, 1.54) is 6.92 Å². The van der Waals surface area contributed by atoms with Crippen LogP contribution in [0.15, 0.2) is 47.3 Å². The van der Waals surface area contributed by atoms with Crippen molar-refractivity contribution in [2.24, 2.45) is 0 Å². The van der Waals surface area contributed by atoms with Crippen molar-refractivity contribution in [1.29, 1.82) is 0 Å².